The average molecular weight is 697 g/mol. The lowest BCUT2D eigenvalue weighted by atomic mass is 10.0. The van der Waals surface area contributed by atoms with E-state index in [2.05, 4.69) is 120 Å². The van der Waals surface area contributed by atoms with E-state index in [-0.39, 0.29) is 0 Å². The number of rotatable bonds is 8. The van der Waals surface area contributed by atoms with Crippen LogP contribution in [-0.4, -0.2) is 19.5 Å². The molecule has 0 saturated carbocycles. The Kier molecular flexibility index (Phi) is 8.37. The lowest BCUT2D eigenvalue weighted by molar-refractivity contribution is 0.666. The third-order valence-corrected chi connectivity index (χ3v) is 9.82. The molecule has 0 aliphatic rings. The number of benzene rings is 6. The van der Waals surface area contributed by atoms with Crippen LogP contribution in [0.4, 0.5) is 0 Å². The molecule has 0 amide bonds. The third-order valence-electron chi connectivity index (χ3n) is 9.82. The van der Waals surface area contributed by atoms with Gasteiger partial charge in [-0.2, -0.15) is 0 Å². The molecule has 0 saturated heterocycles. The maximum atomic E-state index is 6.85. The number of nitrogens with zero attached hydrogens (tertiary/aromatic N) is 4. The molecular formula is C49H36N4O. The van der Waals surface area contributed by atoms with E-state index in [9.17, 15) is 0 Å². The summed E-state index contributed by atoms with van der Waals surface area (Å²) in [4.78, 5) is 15.3. The van der Waals surface area contributed by atoms with Crippen LogP contribution in [0.25, 0.3) is 95.1 Å². The molecule has 0 spiro atoms. The summed E-state index contributed by atoms with van der Waals surface area (Å²) < 4.78 is 9.14. The zero-order valence-corrected chi connectivity index (χ0v) is 30.1. The van der Waals surface area contributed by atoms with Gasteiger partial charge in [-0.15, -0.1) is 0 Å². The van der Waals surface area contributed by atoms with Crippen LogP contribution in [0.2, 0.25) is 0 Å². The van der Waals surface area contributed by atoms with Gasteiger partial charge in [0.05, 0.1) is 16.9 Å². The monoisotopic (exact) mass is 696 g/mol. The van der Waals surface area contributed by atoms with Crippen molar-refractivity contribution in [1.82, 2.24) is 19.5 Å². The molecule has 3 aromatic heterocycles. The number of fused-ring (bicyclic) bond motifs is 5. The van der Waals surface area contributed by atoms with Crippen LogP contribution in [-0.2, 0) is 0 Å². The molecule has 9 rings (SSSR count). The van der Waals surface area contributed by atoms with Gasteiger partial charge < -0.3 is 8.98 Å². The van der Waals surface area contributed by atoms with Crippen molar-refractivity contribution in [3.8, 4) is 39.9 Å². The molecule has 0 unspecified atom stereocenters. The van der Waals surface area contributed by atoms with E-state index in [4.69, 9.17) is 19.4 Å². The molecule has 0 radical (unpaired) electrons. The van der Waals surface area contributed by atoms with Gasteiger partial charge in [0.2, 0.25) is 0 Å². The van der Waals surface area contributed by atoms with Crippen molar-refractivity contribution in [3.63, 3.8) is 0 Å². The second-order valence-electron chi connectivity index (χ2n) is 13.2. The molecule has 258 valence electrons. The highest BCUT2D eigenvalue weighted by Gasteiger charge is 2.23. The summed E-state index contributed by atoms with van der Waals surface area (Å²) >= 11 is 0. The van der Waals surface area contributed by atoms with Crippen molar-refractivity contribution in [2.75, 3.05) is 0 Å². The van der Waals surface area contributed by atoms with Crippen molar-refractivity contribution in [3.05, 3.63) is 182 Å². The molecule has 3 heterocycles. The van der Waals surface area contributed by atoms with Gasteiger partial charge in [0, 0.05) is 38.4 Å². The van der Waals surface area contributed by atoms with Crippen molar-refractivity contribution in [2.45, 2.75) is 13.8 Å². The Bertz CT molecular complexity index is 2980. The van der Waals surface area contributed by atoms with Gasteiger partial charge in [-0.05, 0) is 60.5 Å². The normalized spacial score (nSPS) is 12.1. The first-order valence-electron chi connectivity index (χ1n) is 18.1. The molecule has 5 heteroatoms. The fourth-order valence-electron chi connectivity index (χ4n) is 7.40. The summed E-state index contributed by atoms with van der Waals surface area (Å²) in [7, 11) is 0. The van der Waals surface area contributed by atoms with Crippen molar-refractivity contribution >= 4 is 55.3 Å². The lowest BCUT2D eigenvalue weighted by Crippen LogP contribution is -2.00. The Morgan fingerprint density at radius 2 is 1.35 bits per heavy atom. The topological polar surface area (TPSA) is 56.7 Å². The standard InChI is InChI=1S/C49H36N4O/c1-4-6-8-18-32(3)44-37-23-13-14-26-40(37)53(41(44)17-5-2)42-27-15-24-38-45-39(25-16-28-43(45)54-46(38)42)49-51-47(34-20-9-7-10-21-34)50-48(52-49)36-30-29-33-19-11-12-22-35(33)31-36/h4-31H,3H2,1-2H3/b6-4-,17-5-,18-8-. The molecule has 0 aliphatic carbocycles. The molecule has 0 fully saturated rings. The van der Waals surface area contributed by atoms with E-state index in [1.54, 1.807) is 0 Å². The lowest BCUT2D eigenvalue weighted by Gasteiger charge is -2.11. The first-order valence-corrected chi connectivity index (χ1v) is 18.1. The summed E-state index contributed by atoms with van der Waals surface area (Å²) in [5, 5.41) is 5.34. The number of aromatic nitrogens is 4. The first kappa shape index (κ1) is 32.8. The van der Waals surface area contributed by atoms with E-state index >= 15 is 0 Å². The second kappa shape index (κ2) is 13.8. The van der Waals surface area contributed by atoms with Crippen LogP contribution in [0.1, 0.15) is 25.1 Å². The summed E-state index contributed by atoms with van der Waals surface area (Å²) in [6.07, 6.45) is 12.4. The van der Waals surface area contributed by atoms with Crippen LogP contribution < -0.4 is 0 Å². The first-order chi connectivity index (χ1) is 26.6. The van der Waals surface area contributed by atoms with Gasteiger partial charge in [0.15, 0.2) is 23.1 Å². The Morgan fingerprint density at radius 1 is 0.630 bits per heavy atom. The summed E-state index contributed by atoms with van der Waals surface area (Å²) in [6, 6.07) is 45.7. The average Bonchev–Trinajstić information content (AvgIpc) is 3.77. The Hall–Kier alpha value is -7.11. The maximum Gasteiger partial charge on any atom is 0.164 e. The number of hydrogen-bond acceptors (Lipinski definition) is 4. The van der Waals surface area contributed by atoms with Crippen LogP contribution in [0.3, 0.4) is 0 Å². The van der Waals surface area contributed by atoms with E-state index < -0.39 is 0 Å². The predicted molar refractivity (Wildman–Crippen MR) is 225 cm³/mol. The zero-order valence-electron chi connectivity index (χ0n) is 30.1. The fourth-order valence-corrected chi connectivity index (χ4v) is 7.40. The van der Waals surface area contributed by atoms with Crippen LogP contribution >= 0.6 is 0 Å². The van der Waals surface area contributed by atoms with E-state index in [0.717, 1.165) is 77.4 Å². The molecular weight excluding hydrogens is 661 g/mol. The van der Waals surface area contributed by atoms with Crippen LogP contribution in [0.5, 0.6) is 0 Å². The summed E-state index contributed by atoms with van der Waals surface area (Å²) in [5.74, 6) is 1.81. The highest BCUT2D eigenvalue weighted by atomic mass is 16.3. The minimum atomic E-state index is 0.582. The van der Waals surface area contributed by atoms with Gasteiger partial charge in [-0.25, -0.2) is 15.0 Å². The van der Waals surface area contributed by atoms with Gasteiger partial charge in [0.1, 0.15) is 5.58 Å². The van der Waals surface area contributed by atoms with E-state index in [0.29, 0.717) is 17.5 Å². The van der Waals surface area contributed by atoms with Crippen molar-refractivity contribution < 1.29 is 4.42 Å². The maximum absolute atomic E-state index is 6.85. The third kappa shape index (κ3) is 5.63. The number of hydrogen-bond donors (Lipinski definition) is 0. The predicted octanol–water partition coefficient (Wildman–Crippen LogP) is 13.0. The van der Waals surface area contributed by atoms with E-state index in [1.807, 2.05) is 74.5 Å². The molecule has 6 aromatic carbocycles. The van der Waals surface area contributed by atoms with Crippen molar-refractivity contribution in [1.29, 1.82) is 0 Å². The minimum absolute atomic E-state index is 0.582. The molecule has 54 heavy (non-hydrogen) atoms. The van der Waals surface area contributed by atoms with Crippen molar-refractivity contribution in [2.24, 2.45) is 0 Å². The Balaban J connectivity index is 1.28. The SMILES string of the molecule is C=C(/C=C\C=C/C)c1c(/C=C\C)n(-c2cccc3c2oc2cccc(-c4nc(-c5ccccc5)nc(-c5ccc6ccccc6c5)n4)c23)c2ccccc12. The number of allylic oxidation sites excluding steroid dienone is 6. The Morgan fingerprint density at radius 3 is 2.19 bits per heavy atom. The molecule has 5 nitrogen and oxygen atoms in total. The van der Waals surface area contributed by atoms with E-state index in [1.165, 1.54) is 5.39 Å². The van der Waals surface area contributed by atoms with Crippen LogP contribution in [0, 0.1) is 0 Å². The van der Waals surface area contributed by atoms with Gasteiger partial charge in [0.25, 0.3) is 0 Å². The highest BCUT2D eigenvalue weighted by molar-refractivity contribution is 6.14. The summed E-state index contributed by atoms with van der Waals surface area (Å²) in [6.45, 7) is 8.56. The molecule has 0 bridgehead atoms. The number of para-hydroxylation sites is 2. The minimum Gasteiger partial charge on any atom is -0.454 e. The fraction of sp³-hybridized carbons (Fsp3) is 0.0408. The van der Waals surface area contributed by atoms with Gasteiger partial charge in [-0.3, -0.25) is 0 Å². The smallest absolute Gasteiger partial charge is 0.164 e. The Labute approximate surface area is 313 Å². The molecule has 0 atom stereocenters. The second-order valence-corrected chi connectivity index (χ2v) is 13.2. The summed E-state index contributed by atoms with van der Waals surface area (Å²) in [5.41, 5.74) is 9.31. The molecule has 9 aromatic rings. The molecule has 0 aliphatic heterocycles. The van der Waals surface area contributed by atoms with Crippen LogP contribution in [0.15, 0.2) is 175 Å². The highest BCUT2D eigenvalue weighted by Crippen LogP contribution is 2.42. The quantitative estimate of drug-likeness (QED) is 0.148. The number of furan rings is 1. The van der Waals surface area contributed by atoms with Gasteiger partial charge >= 0.3 is 0 Å². The largest absolute Gasteiger partial charge is 0.454 e. The zero-order chi connectivity index (χ0) is 36.6. The van der Waals surface area contributed by atoms with Gasteiger partial charge in [-0.1, -0.05) is 146 Å². The molecule has 0 N–H and O–H groups in total.